The summed E-state index contributed by atoms with van der Waals surface area (Å²) in [5, 5.41) is 3.91. The van der Waals surface area contributed by atoms with Gasteiger partial charge in [-0.1, -0.05) is 0 Å². The molecular weight excluding hydrogens is 395 g/mol. The van der Waals surface area contributed by atoms with Crippen molar-refractivity contribution in [1.82, 2.24) is 14.7 Å². The van der Waals surface area contributed by atoms with Crippen LogP contribution in [0.3, 0.4) is 0 Å². The number of alkyl halides is 3. The maximum absolute atomic E-state index is 12.3. The fraction of sp³-hybridized carbons (Fsp3) is 0.176. The van der Waals surface area contributed by atoms with E-state index in [-0.39, 0.29) is 4.90 Å². The molecule has 28 heavy (non-hydrogen) atoms. The van der Waals surface area contributed by atoms with Gasteiger partial charge in [0, 0.05) is 29.2 Å². The lowest BCUT2D eigenvalue weighted by Gasteiger charge is -2.13. The molecule has 0 aliphatic rings. The summed E-state index contributed by atoms with van der Waals surface area (Å²) < 4.78 is 63.6. The Hall–Kier alpha value is -2.92. The zero-order valence-corrected chi connectivity index (χ0v) is 15.4. The van der Waals surface area contributed by atoms with Gasteiger partial charge in [0.15, 0.2) is 0 Å². The second-order valence-corrected chi connectivity index (χ2v) is 7.59. The lowest BCUT2D eigenvalue weighted by Crippen LogP contribution is -2.33. The van der Waals surface area contributed by atoms with Crippen molar-refractivity contribution in [1.29, 1.82) is 4.78 Å². The molecule has 2 heterocycles. The predicted molar refractivity (Wildman–Crippen MR) is 99.0 cm³/mol. The van der Waals surface area contributed by atoms with E-state index in [4.69, 9.17) is 9.52 Å². The summed E-state index contributed by atoms with van der Waals surface area (Å²) in [5.74, 6) is 0.376. The first-order valence-corrected chi connectivity index (χ1v) is 9.50. The van der Waals surface area contributed by atoms with Crippen LogP contribution < -0.4 is 14.8 Å². The first-order chi connectivity index (χ1) is 13.2. The first-order valence-electron chi connectivity index (χ1n) is 7.94. The van der Waals surface area contributed by atoms with Gasteiger partial charge in [-0.25, -0.2) is 18.7 Å². The van der Waals surface area contributed by atoms with Gasteiger partial charge in [0.2, 0.25) is 5.88 Å². The molecule has 7 nitrogen and oxygen atoms in total. The number of rotatable bonds is 6. The number of nitrogens with one attached hydrogen (secondary N) is 3. The molecule has 148 valence electrons. The molecule has 0 radical (unpaired) electrons. The maximum atomic E-state index is 12.3. The first kappa shape index (κ1) is 19.8. The predicted octanol–water partition coefficient (Wildman–Crippen LogP) is 3.85. The van der Waals surface area contributed by atoms with Crippen LogP contribution in [0.4, 0.5) is 24.5 Å². The number of halogens is 3. The minimum absolute atomic E-state index is 0.0484. The van der Waals surface area contributed by atoms with Crippen molar-refractivity contribution in [2.45, 2.75) is 11.1 Å². The highest BCUT2D eigenvalue weighted by molar-refractivity contribution is 7.90. The smallest absolute Gasteiger partial charge is 0.402 e. The van der Waals surface area contributed by atoms with Crippen LogP contribution in [0, 0.1) is 4.78 Å². The zero-order chi connectivity index (χ0) is 20.4. The number of pyridine rings is 2. The Labute approximate surface area is 159 Å². The summed E-state index contributed by atoms with van der Waals surface area (Å²) in [5.41, 5.74) is 1.87. The standard InChI is InChI=1S/C17H16F3N5O2S/c1-27-16-15-13(6-8-23-16)14(7-9-22-15)25-11-2-4-12(5-3-11)28(21,26)24-10-17(18,19)20/h2-9H,10H2,1H3,(H,22,25)(H2,21,24,26). The van der Waals surface area contributed by atoms with Crippen LogP contribution in [0.5, 0.6) is 5.88 Å². The van der Waals surface area contributed by atoms with Gasteiger partial charge in [-0.2, -0.15) is 13.2 Å². The molecule has 3 rings (SSSR count). The second kappa shape index (κ2) is 7.60. The highest BCUT2D eigenvalue weighted by Crippen LogP contribution is 2.29. The van der Waals surface area contributed by atoms with E-state index >= 15 is 0 Å². The Morgan fingerprint density at radius 3 is 2.43 bits per heavy atom. The third-order valence-electron chi connectivity index (χ3n) is 3.76. The number of fused-ring (bicyclic) bond motifs is 1. The quantitative estimate of drug-likeness (QED) is 0.572. The van der Waals surface area contributed by atoms with Crippen LogP contribution >= 0.6 is 0 Å². The van der Waals surface area contributed by atoms with Crippen LogP contribution in [0.1, 0.15) is 0 Å². The minimum Gasteiger partial charge on any atom is -0.479 e. The van der Waals surface area contributed by atoms with Gasteiger partial charge >= 0.3 is 6.18 Å². The highest BCUT2D eigenvalue weighted by atomic mass is 32.2. The van der Waals surface area contributed by atoms with E-state index in [2.05, 4.69) is 15.3 Å². The molecule has 0 fully saturated rings. The number of hydrogen-bond acceptors (Lipinski definition) is 6. The van der Waals surface area contributed by atoms with E-state index in [1.54, 1.807) is 29.2 Å². The second-order valence-electron chi connectivity index (χ2n) is 5.72. The summed E-state index contributed by atoms with van der Waals surface area (Å²) >= 11 is 0. The Balaban J connectivity index is 1.83. The van der Waals surface area contributed by atoms with Crippen molar-refractivity contribution in [3.05, 3.63) is 48.8 Å². The van der Waals surface area contributed by atoms with E-state index in [0.29, 0.717) is 22.8 Å². The summed E-state index contributed by atoms with van der Waals surface area (Å²) in [4.78, 5) is 8.30. The molecule has 0 saturated heterocycles. The van der Waals surface area contributed by atoms with Crippen LogP contribution in [0.2, 0.25) is 0 Å². The van der Waals surface area contributed by atoms with Crippen molar-refractivity contribution in [2.24, 2.45) is 0 Å². The van der Waals surface area contributed by atoms with E-state index < -0.39 is 22.6 Å². The van der Waals surface area contributed by atoms with Crippen LogP contribution in [0.25, 0.3) is 10.9 Å². The molecule has 11 heteroatoms. The molecule has 3 N–H and O–H groups in total. The Morgan fingerprint density at radius 1 is 1.11 bits per heavy atom. The lowest BCUT2D eigenvalue weighted by molar-refractivity contribution is -0.121. The zero-order valence-electron chi connectivity index (χ0n) is 14.6. The third-order valence-corrected chi connectivity index (χ3v) is 5.25. The number of methoxy groups -OCH3 is 1. The van der Waals surface area contributed by atoms with Crippen molar-refractivity contribution in [3.63, 3.8) is 0 Å². The minimum atomic E-state index is -4.55. The molecule has 0 spiro atoms. The summed E-state index contributed by atoms with van der Waals surface area (Å²) in [7, 11) is -2.27. The van der Waals surface area contributed by atoms with Crippen molar-refractivity contribution in [3.8, 4) is 5.88 Å². The Kier molecular flexibility index (Phi) is 5.38. The fourth-order valence-electron chi connectivity index (χ4n) is 2.46. The monoisotopic (exact) mass is 411 g/mol. The molecule has 1 atom stereocenters. The number of hydrogen-bond donors (Lipinski definition) is 3. The van der Waals surface area contributed by atoms with Gasteiger partial charge < -0.3 is 10.1 Å². The van der Waals surface area contributed by atoms with Gasteiger partial charge in [0.25, 0.3) is 0 Å². The third kappa shape index (κ3) is 4.49. The topological polar surface area (TPSA) is 100.0 Å². The molecule has 3 aromatic rings. The van der Waals surface area contributed by atoms with Gasteiger partial charge in [-0.15, -0.1) is 0 Å². The molecule has 0 saturated carbocycles. The number of aromatic nitrogens is 2. The van der Waals surface area contributed by atoms with E-state index in [1.165, 1.54) is 31.4 Å². The number of benzene rings is 1. The fourth-order valence-corrected chi connectivity index (χ4v) is 3.52. The van der Waals surface area contributed by atoms with E-state index in [9.17, 15) is 17.4 Å². The average Bonchev–Trinajstić information content (AvgIpc) is 2.66. The van der Waals surface area contributed by atoms with Crippen molar-refractivity contribution in [2.75, 3.05) is 19.0 Å². The van der Waals surface area contributed by atoms with Gasteiger partial charge in [-0.05, 0) is 36.4 Å². The molecule has 0 aliphatic carbocycles. The highest BCUT2D eigenvalue weighted by Gasteiger charge is 2.28. The van der Waals surface area contributed by atoms with Crippen molar-refractivity contribution < 1.29 is 22.1 Å². The maximum Gasteiger partial charge on any atom is 0.402 e. The number of ether oxygens (including phenoxy) is 1. The van der Waals surface area contributed by atoms with E-state index in [0.717, 1.165) is 5.39 Å². The SMILES string of the molecule is COc1nccc2c(Nc3ccc(S(=N)(=O)NCC(F)(F)F)cc3)ccnc12. The molecule has 2 aromatic heterocycles. The number of nitrogens with zero attached hydrogens (tertiary/aromatic N) is 2. The molecule has 0 aliphatic heterocycles. The average molecular weight is 411 g/mol. The van der Waals surface area contributed by atoms with Crippen LogP contribution in [-0.4, -0.2) is 34.0 Å². The molecular formula is C17H16F3N5O2S. The lowest BCUT2D eigenvalue weighted by atomic mass is 10.2. The van der Waals surface area contributed by atoms with Gasteiger partial charge in [0.1, 0.15) is 22.0 Å². The summed E-state index contributed by atoms with van der Waals surface area (Å²) in [6.07, 6.45) is -1.39. The summed E-state index contributed by atoms with van der Waals surface area (Å²) in [6, 6.07) is 9.25. The summed E-state index contributed by atoms with van der Waals surface area (Å²) in [6.45, 7) is -1.51. The van der Waals surface area contributed by atoms with Gasteiger partial charge in [-0.3, -0.25) is 4.98 Å². The molecule has 1 unspecified atom stereocenters. The van der Waals surface area contributed by atoms with Crippen LogP contribution in [-0.2, 0) is 9.92 Å². The van der Waals surface area contributed by atoms with E-state index in [1.807, 2.05) is 0 Å². The normalized spacial score (nSPS) is 13.9. The molecule has 1 aromatic carbocycles. The molecule has 0 amide bonds. The van der Waals surface area contributed by atoms with Gasteiger partial charge in [0.05, 0.1) is 12.0 Å². The number of anilines is 2. The van der Waals surface area contributed by atoms with Crippen LogP contribution in [0.15, 0.2) is 53.7 Å². The molecule has 0 bridgehead atoms. The Bertz CT molecular complexity index is 1090. The largest absolute Gasteiger partial charge is 0.479 e. The Morgan fingerprint density at radius 2 is 1.79 bits per heavy atom. The van der Waals surface area contributed by atoms with Crippen molar-refractivity contribution >= 4 is 32.2 Å².